The van der Waals surface area contributed by atoms with Crippen LogP contribution >= 0.6 is 11.6 Å². The predicted octanol–water partition coefficient (Wildman–Crippen LogP) is 3.31. The van der Waals surface area contributed by atoms with E-state index in [1.807, 2.05) is 12.1 Å². The molecule has 2 rings (SSSR count). The highest BCUT2D eigenvalue weighted by Gasteiger charge is 2.30. The first kappa shape index (κ1) is 10.5. The average Bonchev–Trinajstić information content (AvgIpc) is 2.99. The molecule has 0 spiro atoms. The number of rotatable bonds is 4. The minimum Gasteiger partial charge on any atom is -0.481 e. The number of carbonyl (C=O) groups is 1. The molecule has 1 aliphatic carbocycles. The Morgan fingerprint density at radius 2 is 2.00 bits per heavy atom. The number of hydrogen-bond donors (Lipinski definition) is 1. The standard InChI is InChI=1S/C12H13ClO2/c13-10-5-3-9(4-6-10)11(12(14)15)7-8-1-2-8/h3-6,8,11H,1-2,7H2,(H,14,15). The molecule has 80 valence electrons. The summed E-state index contributed by atoms with van der Waals surface area (Å²) >= 11 is 5.77. The first-order valence-electron chi connectivity index (χ1n) is 5.15. The van der Waals surface area contributed by atoms with E-state index >= 15 is 0 Å². The fraction of sp³-hybridized carbons (Fsp3) is 0.417. The summed E-state index contributed by atoms with van der Waals surface area (Å²) < 4.78 is 0. The molecule has 2 nitrogen and oxygen atoms in total. The number of carboxylic acid groups (broad SMARTS) is 1. The highest BCUT2D eigenvalue weighted by Crippen LogP contribution is 2.38. The number of carboxylic acids is 1. The normalized spacial score (nSPS) is 17.4. The molecule has 0 aliphatic heterocycles. The van der Waals surface area contributed by atoms with E-state index in [1.54, 1.807) is 12.1 Å². The number of halogens is 1. The molecular formula is C12H13ClO2. The van der Waals surface area contributed by atoms with Crippen LogP contribution in [0.2, 0.25) is 5.02 Å². The van der Waals surface area contributed by atoms with Gasteiger partial charge in [-0.1, -0.05) is 36.6 Å². The second-order valence-electron chi connectivity index (χ2n) is 4.12. The van der Waals surface area contributed by atoms with Gasteiger partial charge in [-0.3, -0.25) is 4.79 Å². The third kappa shape index (κ3) is 2.72. The molecule has 0 aromatic heterocycles. The SMILES string of the molecule is O=C(O)C(CC1CC1)c1ccc(Cl)cc1. The van der Waals surface area contributed by atoms with Gasteiger partial charge in [-0.2, -0.15) is 0 Å². The maximum Gasteiger partial charge on any atom is 0.310 e. The first-order chi connectivity index (χ1) is 7.16. The summed E-state index contributed by atoms with van der Waals surface area (Å²) in [6, 6.07) is 7.12. The van der Waals surface area contributed by atoms with Gasteiger partial charge < -0.3 is 5.11 Å². The summed E-state index contributed by atoms with van der Waals surface area (Å²) in [7, 11) is 0. The lowest BCUT2D eigenvalue weighted by atomic mass is 9.94. The van der Waals surface area contributed by atoms with Crippen molar-refractivity contribution in [3.63, 3.8) is 0 Å². The topological polar surface area (TPSA) is 37.3 Å². The second-order valence-corrected chi connectivity index (χ2v) is 4.56. The van der Waals surface area contributed by atoms with Crippen molar-refractivity contribution in [2.75, 3.05) is 0 Å². The van der Waals surface area contributed by atoms with Crippen LogP contribution in [0.1, 0.15) is 30.7 Å². The summed E-state index contributed by atoms with van der Waals surface area (Å²) in [4.78, 5) is 11.1. The summed E-state index contributed by atoms with van der Waals surface area (Å²) in [6.07, 6.45) is 3.12. The zero-order chi connectivity index (χ0) is 10.8. The van der Waals surface area contributed by atoms with Crippen LogP contribution in [0.15, 0.2) is 24.3 Å². The van der Waals surface area contributed by atoms with E-state index in [2.05, 4.69) is 0 Å². The molecule has 0 bridgehead atoms. The Bertz CT molecular complexity index is 354. The van der Waals surface area contributed by atoms with E-state index in [9.17, 15) is 4.79 Å². The van der Waals surface area contributed by atoms with E-state index in [4.69, 9.17) is 16.7 Å². The molecule has 1 atom stereocenters. The lowest BCUT2D eigenvalue weighted by molar-refractivity contribution is -0.139. The Hall–Kier alpha value is -1.02. The van der Waals surface area contributed by atoms with Crippen molar-refractivity contribution in [1.82, 2.24) is 0 Å². The van der Waals surface area contributed by atoms with Crippen molar-refractivity contribution in [2.45, 2.75) is 25.2 Å². The lowest BCUT2D eigenvalue weighted by Crippen LogP contribution is -2.12. The van der Waals surface area contributed by atoms with Gasteiger partial charge in [-0.15, -0.1) is 0 Å². The molecule has 15 heavy (non-hydrogen) atoms. The van der Waals surface area contributed by atoms with Crippen LogP contribution in [0.25, 0.3) is 0 Å². The number of hydrogen-bond acceptors (Lipinski definition) is 1. The third-order valence-corrected chi connectivity index (χ3v) is 3.09. The fourth-order valence-corrected chi connectivity index (χ4v) is 1.89. The van der Waals surface area contributed by atoms with Gasteiger partial charge in [0.1, 0.15) is 0 Å². The van der Waals surface area contributed by atoms with Crippen LogP contribution < -0.4 is 0 Å². The summed E-state index contributed by atoms with van der Waals surface area (Å²) in [6.45, 7) is 0. The Balaban J connectivity index is 2.15. The zero-order valence-electron chi connectivity index (χ0n) is 8.32. The van der Waals surface area contributed by atoms with Gasteiger partial charge >= 0.3 is 5.97 Å². The highest BCUT2D eigenvalue weighted by molar-refractivity contribution is 6.30. The fourth-order valence-electron chi connectivity index (χ4n) is 1.76. The van der Waals surface area contributed by atoms with E-state index in [-0.39, 0.29) is 5.92 Å². The smallest absolute Gasteiger partial charge is 0.310 e. The number of aliphatic carboxylic acids is 1. The van der Waals surface area contributed by atoms with Crippen molar-refractivity contribution >= 4 is 17.6 Å². The average molecular weight is 225 g/mol. The van der Waals surface area contributed by atoms with Crippen molar-refractivity contribution in [3.05, 3.63) is 34.9 Å². The molecule has 1 aromatic rings. The minimum absolute atomic E-state index is 0.366. The Kier molecular flexibility index (Phi) is 2.96. The zero-order valence-corrected chi connectivity index (χ0v) is 9.07. The first-order valence-corrected chi connectivity index (χ1v) is 5.53. The Morgan fingerprint density at radius 1 is 1.40 bits per heavy atom. The molecule has 1 aliphatic rings. The van der Waals surface area contributed by atoms with Gasteiger partial charge in [0.05, 0.1) is 5.92 Å². The van der Waals surface area contributed by atoms with Crippen LogP contribution in [0.3, 0.4) is 0 Å². The van der Waals surface area contributed by atoms with E-state index in [1.165, 1.54) is 12.8 Å². The molecule has 1 aromatic carbocycles. The molecule has 1 unspecified atom stereocenters. The molecular weight excluding hydrogens is 212 g/mol. The maximum atomic E-state index is 11.1. The van der Waals surface area contributed by atoms with Crippen LogP contribution in [0.5, 0.6) is 0 Å². The van der Waals surface area contributed by atoms with Crippen LogP contribution in [0, 0.1) is 5.92 Å². The quantitative estimate of drug-likeness (QED) is 0.852. The van der Waals surface area contributed by atoms with Gasteiger partial charge in [-0.05, 0) is 30.0 Å². The molecule has 0 amide bonds. The monoisotopic (exact) mass is 224 g/mol. The highest BCUT2D eigenvalue weighted by atomic mass is 35.5. The minimum atomic E-state index is -0.732. The van der Waals surface area contributed by atoms with Crippen LogP contribution in [0.4, 0.5) is 0 Å². The van der Waals surface area contributed by atoms with Gasteiger partial charge in [0, 0.05) is 5.02 Å². The van der Waals surface area contributed by atoms with Crippen molar-refractivity contribution < 1.29 is 9.90 Å². The molecule has 3 heteroatoms. The predicted molar refractivity (Wildman–Crippen MR) is 59.2 cm³/mol. The van der Waals surface area contributed by atoms with Crippen LogP contribution in [-0.2, 0) is 4.79 Å². The second kappa shape index (κ2) is 4.23. The molecule has 1 N–H and O–H groups in total. The Morgan fingerprint density at radius 3 is 2.47 bits per heavy atom. The van der Waals surface area contributed by atoms with Gasteiger partial charge in [0.2, 0.25) is 0 Å². The largest absolute Gasteiger partial charge is 0.481 e. The van der Waals surface area contributed by atoms with E-state index in [0.29, 0.717) is 10.9 Å². The summed E-state index contributed by atoms with van der Waals surface area (Å²) in [5, 5.41) is 9.79. The van der Waals surface area contributed by atoms with Crippen molar-refractivity contribution in [1.29, 1.82) is 0 Å². The molecule has 0 heterocycles. The maximum absolute atomic E-state index is 11.1. The van der Waals surface area contributed by atoms with Gasteiger partial charge in [0.25, 0.3) is 0 Å². The van der Waals surface area contributed by atoms with E-state index < -0.39 is 5.97 Å². The number of benzene rings is 1. The van der Waals surface area contributed by atoms with Crippen molar-refractivity contribution in [2.24, 2.45) is 5.92 Å². The van der Waals surface area contributed by atoms with Gasteiger partial charge in [0.15, 0.2) is 0 Å². The summed E-state index contributed by atoms with van der Waals surface area (Å²) in [5.41, 5.74) is 0.860. The van der Waals surface area contributed by atoms with Crippen LogP contribution in [-0.4, -0.2) is 11.1 Å². The third-order valence-electron chi connectivity index (χ3n) is 2.84. The summed E-state index contributed by atoms with van der Waals surface area (Å²) in [5.74, 6) is -0.485. The van der Waals surface area contributed by atoms with Crippen molar-refractivity contribution in [3.8, 4) is 0 Å². The van der Waals surface area contributed by atoms with E-state index in [0.717, 1.165) is 12.0 Å². The molecule has 0 saturated heterocycles. The molecule has 1 saturated carbocycles. The molecule has 0 radical (unpaired) electrons. The molecule has 1 fully saturated rings. The lowest BCUT2D eigenvalue weighted by Gasteiger charge is -2.11. The Labute approximate surface area is 93.9 Å². The van der Waals surface area contributed by atoms with Gasteiger partial charge in [-0.25, -0.2) is 0 Å².